The summed E-state index contributed by atoms with van der Waals surface area (Å²) < 4.78 is 6.95. The lowest BCUT2D eigenvalue weighted by atomic mass is 10.1. The minimum Gasteiger partial charge on any atom is -0.473 e. The highest BCUT2D eigenvalue weighted by atomic mass is 16.5. The molecule has 0 amide bonds. The number of hydrogen-bond donors (Lipinski definition) is 2. The zero-order chi connectivity index (χ0) is 25.4. The molecule has 2 aromatic carbocycles. The van der Waals surface area contributed by atoms with Crippen LogP contribution < -0.4 is 10.5 Å². The van der Waals surface area contributed by atoms with Crippen molar-refractivity contribution in [3.05, 3.63) is 76.6 Å². The molecule has 0 unspecified atom stereocenters. The Morgan fingerprint density at radius 2 is 1.49 bits per heavy atom. The van der Waals surface area contributed by atoms with Crippen molar-refractivity contribution >= 4 is 34.5 Å². The van der Waals surface area contributed by atoms with Crippen molar-refractivity contribution < 1.29 is 29.3 Å². The molecule has 2 heterocycles. The molecule has 1 saturated heterocycles. The van der Waals surface area contributed by atoms with Crippen LogP contribution in [-0.4, -0.2) is 70.8 Å². The van der Waals surface area contributed by atoms with Gasteiger partial charge in [-0.15, -0.1) is 0 Å². The van der Waals surface area contributed by atoms with E-state index in [9.17, 15) is 9.59 Å². The predicted molar refractivity (Wildman–Crippen MR) is 129 cm³/mol. The van der Waals surface area contributed by atoms with Crippen molar-refractivity contribution in [1.29, 1.82) is 0 Å². The molecular weight excluding hydrogens is 454 g/mol. The highest BCUT2D eigenvalue weighted by molar-refractivity contribution is 6.27. The Morgan fingerprint density at radius 3 is 2.11 bits per heavy atom. The van der Waals surface area contributed by atoms with Crippen LogP contribution in [-0.2, 0) is 32.3 Å². The van der Waals surface area contributed by atoms with Gasteiger partial charge in [-0.25, -0.2) is 9.59 Å². The molecule has 2 N–H and O–H groups in total. The van der Waals surface area contributed by atoms with Gasteiger partial charge in [-0.05, 0) is 24.7 Å². The number of likely N-dealkylation sites (N-methyl/N-ethyl adjacent to an activating group) is 1. The second-order valence-corrected chi connectivity index (χ2v) is 8.03. The van der Waals surface area contributed by atoms with E-state index in [1.807, 2.05) is 60.7 Å². The highest BCUT2D eigenvalue weighted by Crippen LogP contribution is 2.20. The molecule has 1 aromatic heterocycles. The molecule has 0 saturated carbocycles. The summed E-state index contributed by atoms with van der Waals surface area (Å²) in [5, 5.41) is 15.7. The maximum atomic E-state index is 13.3. The summed E-state index contributed by atoms with van der Waals surface area (Å²) in [5.41, 5.74) is 2.16. The molecule has 35 heavy (non-hydrogen) atoms. The highest BCUT2D eigenvalue weighted by Gasteiger charge is 2.20. The number of nitrogens with zero attached hydrogens (tertiary/aromatic N) is 3. The molecule has 10 heteroatoms. The predicted octanol–water partition coefficient (Wildman–Crippen LogP) is 1.65. The fourth-order valence-electron chi connectivity index (χ4n) is 3.66. The van der Waals surface area contributed by atoms with Gasteiger partial charge < -0.3 is 24.7 Å². The number of piperazine rings is 1. The maximum Gasteiger partial charge on any atom is 0.414 e. The van der Waals surface area contributed by atoms with Crippen LogP contribution >= 0.6 is 0 Å². The first-order valence-corrected chi connectivity index (χ1v) is 11.0. The molecule has 0 spiro atoms. The van der Waals surface area contributed by atoms with Crippen LogP contribution in [0.1, 0.15) is 5.56 Å². The average Bonchev–Trinajstić information content (AvgIpc) is 2.86. The molecule has 1 aliphatic heterocycles. The van der Waals surface area contributed by atoms with Crippen molar-refractivity contribution in [2.24, 2.45) is 0 Å². The normalized spacial score (nSPS) is 13.6. The molecule has 0 atom stereocenters. The Kier molecular flexibility index (Phi) is 8.58. The third-order valence-electron chi connectivity index (χ3n) is 5.54. The number of fused-ring (bicyclic) bond motifs is 1. The third kappa shape index (κ3) is 6.90. The van der Waals surface area contributed by atoms with Gasteiger partial charge in [0, 0.05) is 31.6 Å². The van der Waals surface area contributed by atoms with E-state index in [0.29, 0.717) is 5.69 Å². The minimum atomic E-state index is -1.82. The lowest BCUT2D eigenvalue weighted by molar-refractivity contribution is -0.159. The first-order valence-electron chi connectivity index (χ1n) is 11.0. The van der Waals surface area contributed by atoms with E-state index < -0.39 is 17.9 Å². The standard InChI is InChI=1S/C23H25N3O3.C2H2O4/c1-24-11-13-25(14-12-24)21-15-19-9-5-6-10-20(19)26(23(21)28)16-22(27)29-17-18-7-3-2-4-8-18;3-1(4)2(5)6/h2-10,15H,11-14,16-17H2,1H3;(H,3,4)(H,5,6). The van der Waals surface area contributed by atoms with Crippen molar-refractivity contribution in [3.63, 3.8) is 0 Å². The molecule has 4 rings (SSSR count). The van der Waals surface area contributed by atoms with Gasteiger partial charge in [0.15, 0.2) is 0 Å². The Hall–Kier alpha value is -4.18. The zero-order valence-corrected chi connectivity index (χ0v) is 19.3. The average molecular weight is 482 g/mol. The third-order valence-corrected chi connectivity index (χ3v) is 5.54. The lowest BCUT2D eigenvalue weighted by Crippen LogP contribution is -2.46. The number of rotatable bonds is 5. The fraction of sp³-hybridized carbons (Fsp3) is 0.280. The SMILES string of the molecule is CN1CCN(c2cc3ccccc3n(CC(=O)OCc3ccccc3)c2=O)CC1.O=C(O)C(=O)O. The number of anilines is 1. The number of carbonyl (C=O) groups is 3. The smallest absolute Gasteiger partial charge is 0.414 e. The number of aliphatic carboxylic acids is 2. The van der Waals surface area contributed by atoms with Crippen LogP contribution in [0.5, 0.6) is 0 Å². The van der Waals surface area contributed by atoms with Crippen LogP contribution in [0, 0.1) is 0 Å². The Labute approximate surface area is 201 Å². The molecule has 1 fully saturated rings. The summed E-state index contributed by atoms with van der Waals surface area (Å²) in [6.45, 7) is 3.50. The summed E-state index contributed by atoms with van der Waals surface area (Å²) in [6, 6.07) is 19.1. The van der Waals surface area contributed by atoms with Gasteiger partial charge in [0.1, 0.15) is 18.8 Å². The van der Waals surface area contributed by atoms with E-state index in [1.54, 1.807) is 0 Å². The van der Waals surface area contributed by atoms with E-state index in [-0.39, 0.29) is 18.7 Å². The quantitative estimate of drug-likeness (QED) is 0.413. The summed E-state index contributed by atoms with van der Waals surface area (Å²) in [4.78, 5) is 48.3. The van der Waals surface area contributed by atoms with Gasteiger partial charge in [0.05, 0.1) is 5.52 Å². The Bertz CT molecular complexity index is 1240. The Balaban J connectivity index is 0.000000509. The van der Waals surface area contributed by atoms with Crippen molar-refractivity contribution in [2.45, 2.75) is 13.2 Å². The lowest BCUT2D eigenvalue weighted by Gasteiger charge is -2.34. The molecular formula is C25H27N3O7. The fourth-order valence-corrected chi connectivity index (χ4v) is 3.66. The zero-order valence-electron chi connectivity index (χ0n) is 19.3. The summed E-state index contributed by atoms with van der Waals surface area (Å²) in [6.07, 6.45) is 0. The van der Waals surface area contributed by atoms with Gasteiger partial charge >= 0.3 is 17.9 Å². The second kappa shape index (κ2) is 11.8. The van der Waals surface area contributed by atoms with Crippen LogP contribution in [0.25, 0.3) is 10.9 Å². The van der Waals surface area contributed by atoms with Crippen molar-refractivity contribution in [3.8, 4) is 0 Å². The molecule has 1 aliphatic rings. The first-order chi connectivity index (χ1) is 16.8. The number of ether oxygens (including phenoxy) is 1. The first kappa shape index (κ1) is 25.4. The van der Waals surface area contributed by atoms with Gasteiger partial charge in [-0.1, -0.05) is 48.5 Å². The van der Waals surface area contributed by atoms with E-state index in [4.69, 9.17) is 24.5 Å². The molecule has 0 aliphatic carbocycles. The summed E-state index contributed by atoms with van der Waals surface area (Å²) in [5.74, 6) is -4.07. The molecule has 184 valence electrons. The number of benzene rings is 2. The van der Waals surface area contributed by atoms with Gasteiger partial charge in [-0.3, -0.25) is 14.2 Å². The minimum absolute atomic E-state index is 0.103. The second-order valence-electron chi connectivity index (χ2n) is 8.03. The Morgan fingerprint density at radius 1 is 0.886 bits per heavy atom. The van der Waals surface area contributed by atoms with Crippen LogP contribution in [0.3, 0.4) is 0 Å². The van der Waals surface area contributed by atoms with Gasteiger partial charge in [0.2, 0.25) is 0 Å². The maximum absolute atomic E-state index is 13.3. The molecule has 10 nitrogen and oxygen atoms in total. The summed E-state index contributed by atoms with van der Waals surface area (Å²) >= 11 is 0. The van der Waals surface area contributed by atoms with E-state index in [2.05, 4.69) is 16.8 Å². The molecule has 0 bridgehead atoms. The molecule has 0 radical (unpaired) electrons. The number of aromatic nitrogens is 1. The van der Waals surface area contributed by atoms with Crippen LogP contribution in [0.2, 0.25) is 0 Å². The molecule has 3 aromatic rings. The largest absolute Gasteiger partial charge is 0.473 e. The number of carboxylic acid groups (broad SMARTS) is 2. The van der Waals surface area contributed by atoms with E-state index >= 15 is 0 Å². The number of pyridine rings is 1. The number of carbonyl (C=O) groups excluding carboxylic acids is 1. The number of para-hydroxylation sites is 1. The van der Waals surface area contributed by atoms with Gasteiger partial charge in [-0.2, -0.15) is 0 Å². The van der Waals surface area contributed by atoms with Gasteiger partial charge in [0.25, 0.3) is 5.56 Å². The van der Waals surface area contributed by atoms with E-state index in [1.165, 1.54) is 4.57 Å². The van der Waals surface area contributed by atoms with Crippen molar-refractivity contribution in [2.75, 3.05) is 38.1 Å². The summed E-state index contributed by atoms with van der Waals surface area (Å²) in [7, 11) is 2.08. The topological polar surface area (TPSA) is 129 Å². The van der Waals surface area contributed by atoms with E-state index in [0.717, 1.165) is 42.6 Å². The number of carboxylic acids is 2. The van der Waals surface area contributed by atoms with Crippen molar-refractivity contribution in [1.82, 2.24) is 9.47 Å². The number of hydrogen-bond acceptors (Lipinski definition) is 7. The van der Waals surface area contributed by atoms with Crippen LogP contribution in [0.15, 0.2) is 65.5 Å². The number of esters is 1. The van der Waals surface area contributed by atoms with Crippen LogP contribution in [0.4, 0.5) is 5.69 Å². The monoisotopic (exact) mass is 481 g/mol.